The van der Waals surface area contributed by atoms with Crippen LogP contribution in [0.1, 0.15) is 15.9 Å². The molecule has 2 rings (SSSR count). The highest BCUT2D eigenvalue weighted by Crippen LogP contribution is 2.23. The van der Waals surface area contributed by atoms with Gasteiger partial charge in [-0.15, -0.1) is 0 Å². The molecule has 0 aromatic heterocycles. The van der Waals surface area contributed by atoms with E-state index in [-0.39, 0.29) is 17.1 Å². The molecule has 0 aliphatic rings. The molecule has 0 amide bonds. The molecule has 0 bridgehead atoms. The fraction of sp³-hybridized carbons (Fsp3) is 0. The van der Waals surface area contributed by atoms with Crippen LogP contribution in [0.4, 0.5) is 0 Å². The lowest BCUT2D eigenvalue weighted by molar-refractivity contribution is 0.104. The number of halogens is 2. The van der Waals surface area contributed by atoms with Crippen molar-refractivity contribution in [3.63, 3.8) is 0 Å². The first-order valence-electron chi connectivity index (χ1n) is 5.53. The topological polar surface area (TPSA) is 37.3 Å². The van der Waals surface area contributed by atoms with E-state index in [1.165, 1.54) is 18.2 Å². The number of carbonyl (C=O) groups is 1. The van der Waals surface area contributed by atoms with E-state index in [0.29, 0.717) is 10.0 Å². The van der Waals surface area contributed by atoms with Gasteiger partial charge < -0.3 is 5.11 Å². The van der Waals surface area contributed by atoms with Crippen LogP contribution in [0.15, 0.2) is 48.5 Å². The molecule has 0 saturated carbocycles. The monoisotopic (exact) mass is 292 g/mol. The lowest BCUT2D eigenvalue weighted by Gasteiger charge is -2.00. The Labute approximate surface area is 120 Å². The van der Waals surface area contributed by atoms with Gasteiger partial charge in [0.1, 0.15) is 5.75 Å². The number of carbonyl (C=O) groups excluding carboxylic acids is 1. The van der Waals surface area contributed by atoms with E-state index < -0.39 is 0 Å². The Bertz CT molecular complexity index is 648. The lowest BCUT2D eigenvalue weighted by atomic mass is 10.1. The van der Waals surface area contributed by atoms with Crippen LogP contribution in [0.2, 0.25) is 10.0 Å². The summed E-state index contributed by atoms with van der Waals surface area (Å²) in [5.41, 5.74) is 1.02. The molecule has 0 aliphatic heterocycles. The van der Waals surface area contributed by atoms with E-state index >= 15 is 0 Å². The molecule has 0 aliphatic carbocycles. The summed E-state index contributed by atoms with van der Waals surface area (Å²) in [6.45, 7) is 0. The smallest absolute Gasteiger partial charge is 0.189 e. The van der Waals surface area contributed by atoms with Crippen molar-refractivity contribution in [2.75, 3.05) is 0 Å². The number of hydrogen-bond acceptors (Lipinski definition) is 2. The van der Waals surface area contributed by atoms with Crippen LogP contribution >= 0.6 is 23.2 Å². The van der Waals surface area contributed by atoms with Gasteiger partial charge in [-0.2, -0.15) is 0 Å². The molecule has 1 N–H and O–H groups in total. The Kier molecular flexibility index (Phi) is 4.25. The summed E-state index contributed by atoms with van der Waals surface area (Å²) in [5, 5.41) is 10.6. The first-order chi connectivity index (χ1) is 9.06. The van der Waals surface area contributed by atoms with Crippen molar-refractivity contribution in [2.24, 2.45) is 0 Å². The molecule has 2 nitrogen and oxygen atoms in total. The zero-order chi connectivity index (χ0) is 13.8. The summed E-state index contributed by atoms with van der Waals surface area (Å²) in [7, 11) is 0. The normalized spacial score (nSPS) is 10.8. The molecule has 0 atom stereocenters. The molecule has 0 fully saturated rings. The predicted molar refractivity (Wildman–Crippen MR) is 77.9 cm³/mol. The summed E-state index contributed by atoms with van der Waals surface area (Å²) in [6, 6.07) is 11.5. The van der Waals surface area contributed by atoms with Gasteiger partial charge in [-0.1, -0.05) is 41.4 Å². The second-order valence-electron chi connectivity index (χ2n) is 3.91. The van der Waals surface area contributed by atoms with Gasteiger partial charge in [0.15, 0.2) is 5.78 Å². The van der Waals surface area contributed by atoms with Crippen LogP contribution in [-0.2, 0) is 0 Å². The third kappa shape index (κ3) is 3.60. The van der Waals surface area contributed by atoms with Gasteiger partial charge in [0.25, 0.3) is 0 Å². The fourth-order valence-corrected chi connectivity index (χ4v) is 1.95. The van der Waals surface area contributed by atoms with Gasteiger partial charge in [0, 0.05) is 10.0 Å². The maximum absolute atomic E-state index is 11.9. The number of allylic oxidation sites excluding steroid dienone is 1. The Balaban J connectivity index is 2.21. The largest absolute Gasteiger partial charge is 0.507 e. The van der Waals surface area contributed by atoms with Crippen LogP contribution in [0.25, 0.3) is 6.08 Å². The van der Waals surface area contributed by atoms with Crippen LogP contribution in [-0.4, -0.2) is 10.9 Å². The molecule has 19 heavy (non-hydrogen) atoms. The minimum absolute atomic E-state index is 0.131. The van der Waals surface area contributed by atoms with Gasteiger partial charge in [0.2, 0.25) is 0 Å². The highest BCUT2D eigenvalue weighted by molar-refractivity contribution is 6.31. The zero-order valence-electron chi connectivity index (χ0n) is 9.81. The second kappa shape index (κ2) is 5.91. The Morgan fingerprint density at radius 3 is 2.47 bits per heavy atom. The first kappa shape index (κ1) is 13.7. The standard InChI is InChI=1S/C15H10Cl2O2/c16-11-3-1-2-10(8-11)4-7-14(18)13-6-5-12(17)9-15(13)19/h1-9,19H/b7-4+. The molecule has 4 heteroatoms. The Hall–Kier alpha value is -1.77. The molecule has 2 aromatic carbocycles. The maximum Gasteiger partial charge on any atom is 0.189 e. The summed E-state index contributed by atoms with van der Waals surface area (Å²) < 4.78 is 0. The Morgan fingerprint density at radius 1 is 1.05 bits per heavy atom. The third-order valence-electron chi connectivity index (χ3n) is 2.50. The molecular formula is C15H10Cl2O2. The van der Waals surface area contributed by atoms with Gasteiger partial charge in [0.05, 0.1) is 5.56 Å². The molecule has 2 aromatic rings. The van der Waals surface area contributed by atoms with Gasteiger partial charge in [-0.05, 0) is 42.0 Å². The van der Waals surface area contributed by atoms with Crippen LogP contribution in [0.3, 0.4) is 0 Å². The number of benzene rings is 2. The minimum Gasteiger partial charge on any atom is -0.507 e. The van der Waals surface area contributed by atoms with Crippen LogP contribution < -0.4 is 0 Å². The van der Waals surface area contributed by atoms with E-state index in [9.17, 15) is 9.90 Å². The van der Waals surface area contributed by atoms with E-state index in [1.807, 2.05) is 6.07 Å². The van der Waals surface area contributed by atoms with E-state index in [1.54, 1.807) is 30.3 Å². The number of phenols is 1. The number of phenolic OH excluding ortho intramolecular Hbond substituents is 1. The van der Waals surface area contributed by atoms with Gasteiger partial charge in [-0.25, -0.2) is 0 Å². The van der Waals surface area contributed by atoms with Crippen molar-refractivity contribution in [2.45, 2.75) is 0 Å². The number of hydrogen-bond donors (Lipinski definition) is 1. The highest BCUT2D eigenvalue weighted by atomic mass is 35.5. The quantitative estimate of drug-likeness (QED) is 0.663. The van der Waals surface area contributed by atoms with Crippen molar-refractivity contribution >= 4 is 35.1 Å². The molecule has 0 heterocycles. The zero-order valence-corrected chi connectivity index (χ0v) is 11.3. The average molecular weight is 293 g/mol. The molecule has 0 radical (unpaired) electrons. The minimum atomic E-state index is -0.297. The van der Waals surface area contributed by atoms with Crippen LogP contribution in [0, 0.1) is 0 Å². The molecular weight excluding hydrogens is 283 g/mol. The summed E-state index contributed by atoms with van der Waals surface area (Å²) in [4.78, 5) is 11.9. The van der Waals surface area contributed by atoms with Crippen molar-refractivity contribution in [3.05, 3.63) is 69.7 Å². The second-order valence-corrected chi connectivity index (χ2v) is 4.79. The predicted octanol–water partition coefficient (Wildman–Crippen LogP) is 4.60. The van der Waals surface area contributed by atoms with Crippen molar-refractivity contribution < 1.29 is 9.90 Å². The first-order valence-corrected chi connectivity index (χ1v) is 6.28. The van der Waals surface area contributed by atoms with Crippen molar-refractivity contribution in [3.8, 4) is 5.75 Å². The van der Waals surface area contributed by atoms with Crippen molar-refractivity contribution in [1.29, 1.82) is 0 Å². The van der Waals surface area contributed by atoms with E-state index in [4.69, 9.17) is 23.2 Å². The fourth-order valence-electron chi connectivity index (χ4n) is 1.59. The number of aromatic hydroxyl groups is 1. The average Bonchev–Trinajstić information content (AvgIpc) is 2.36. The summed E-state index contributed by atoms with van der Waals surface area (Å²) in [5.74, 6) is -0.428. The molecule has 96 valence electrons. The summed E-state index contributed by atoms with van der Waals surface area (Å²) in [6.07, 6.45) is 3.02. The highest BCUT2D eigenvalue weighted by Gasteiger charge is 2.08. The number of ketones is 1. The third-order valence-corrected chi connectivity index (χ3v) is 2.97. The molecule has 0 unspecified atom stereocenters. The SMILES string of the molecule is O=C(/C=C/c1cccc(Cl)c1)c1ccc(Cl)cc1O. The van der Waals surface area contributed by atoms with Gasteiger partial charge in [-0.3, -0.25) is 4.79 Å². The van der Waals surface area contributed by atoms with Crippen molar-refractivity contribution in [1.82, 2.24) is 0 Å². The van der Waals surface area contributed by atoms with E-state index in [0.717, 1.165) is 5.56 Å². The maximum atomic E-state index is 11.9. The van der Waals surface area contributed by atoms with Gasteiger partial charge >= 0.3 is 0 Å². The van der Waals surface area contributed by atoms with E-state index in [2.05, 4.69) is 0 Å². The lowest BCUT2D eigenvalue weighted by Crippen LogP contribution is -1.94. The van der Waals surface area contributed by atoms with Crippen LogP contribution in [0.5, 0.6) is 5.75 Å². The molecule has 0 spiro atoms. The number of rotatable bonds is 3. The summed E-state index contributed by atoms with van der Waals surface area (Å²) >= 11 is 11.6. The molecule has 0 saturated heterocycles. The Morgan fingerprint density at radius 2 is 1.79 bits per heavy atom.